The molecule has 0 aliphatic rings. The molecule has 0 aliphatic carbocycles. The zero-order valence-corrected chi connectivity index (χ0v) is 11.6. The number of aromatic hydroxyl groups is 1. The van der Waals surface area contributed by atoms with Crippen molar-refractivity contribution in [3.8, 4) is 16.9 Å². The van der Waals surface area contributed by atoms with Gasteiger partial charge < -0.3 is 5.11 Å². The van der Waals surface area contributed by atoms with Crippen LogP contribution in [0.1, 0.15) is 11.1 Å². The van der Waals surface area contributed by atoms with Gasteiger partial charge in [0.05, 0.1) is 0 Å². The second-order valence-corrected chi connectivity index (χ2v) is 4.91. The summed E-state index contributed by atoms with van der Waals surface area (Å²) in [4.78, 5) is 0. The van der Waals surface area contributed by atoms with Gasteiger partial charge >= 0.3 is 0 Å². The number of benzene rings is 3. The van der Waals surface area contributed by atoms with Crippen molar-refractivity contribution in [1.29, 1.82) is 0 Å². The summed E-state index contributed by atoms with van der Waals surface area (Å²) in [6.45, 7) is 0. The highest BCUT2D eigenvalue weighted by Gasteiger charge is 1.95. The second kappa shape index (κ2) is 6.10. The third-order valence-corrected chi connectivity index (χ3v) is 3.38. The highest BCUT2D eigenvalue weighted by atomic mass is 16.3. The Bertz CT molecular complexity index is 723. The minimum atomic E-state index is 0.291. The number of hydrogen-bond acceptors (Lipinski definition) is 1. The number of phenolic OH excluding ortho intramolecular Hbond substituents is 1. The maximum Gasteiger partial charge on any atom is 0.115 e. The number of hydrogen-bond donors (Lipinski definition) is 1. The Morgan fingerprint density at radius 1 is 0.524 bits per heavy atom. The van der Waals surface area contributed by atoms with Gasteiger partial charge in [0.25, 0.3) is 0 Å². The molecule has 0 heterocycles. The molecule has 3 rings (SSSR count). The van der Waals surface area contributed by atoms with Crippen LogP contribution in [0.15, 0.2) is 78.9 Å². The summed E-state index contributed by atoms with van der Waals surface area (Å²) in [5, 5.41) is 9.26. The van der Waals surface area contributed by atoms with Gasteiger partial charge in [0.2, 0.25) is 0 Å². The van der Waals surface area contributed by atoms with Gasteiger partial charge in [-0.2, -0.15) is 0 Å². The lowest BCUT2D eigenvalue weighted by atomic mass is 10.0. The van der Waals surface area contributed by atoms with Gasteiger partial charge in [-0.25, -0.2) is 0 Å². The van der Waals surface area contributed by atoms with Crippen molar-refractivity contribution in [3.63, 3.8) is 0 Å². The second-order valence-electron chi connectivity index (χ2n) is 4.91. The van der Waals surface area contributed by atoms with Crippen LogP contribution in [-0.2, 0) is 0 Å². The van der Waals surface area contributed by atoms with Crippen LogP contribution in [0.2, 0.25) is 0 Å². The Balaban J connectivity index is 1.77. The lowest BCUT2D eigenvalue weighted by Crippen LogP contribution is -1.78. The van der Waals surface area contributed by atoms with Gasteiger partial charge in [0.1, 0.15) is 5.75 Å². The van der Waals surface area contributed by atoms with Crippen LogP contribution in [-0.4, -0.2) is 5.11 Å². The quantitative estimate of drug-likeness (QED) is 0.647. The molecule has 0 saturated carbocycles. The monoisotopic (exact) mass is 272 g/mol. The lowest BCUT2D eigenvalue weighted by molar-refractivity contribution is 0.475. The molecule has 1 N–H and O–H groups in total. The van der Waals surface area contributed by atoms with Crippen molar-refractivity contribution in [1.82, 2.24) is 0 Å². The van der Waals surface area contributed by atoms with E-state index >= 15 is 0 Å². The Morgan fingerprint density at radius 2 is 1.00 bits per heavy atom. The van der Waals surface area contributed by atoms with Crippen molar-refractivity contribution in [3.05, 3.63) is 90.0 Å². The molecule has 0 bridgehead atoms. The van der Waals surface area contributed by atoms with E-state index < -0.39 is 0 Å². The molecule has 1 nitrogen and oxygen atoms in total. The first-order valence-electron chi connectivity index (χ1n) is 6.94. The summed E-state index contributed by atoms with van der Waals surface area (Å²) in [6, 6.07) is 26.0. The minimum absolute atomic E-state index is 0.291. The van der Waals surface area contributed by atoms with Crippen LogP contribution in [0.3, 0.4) is 0 Å². The van der Waals surface area contributed by atoms with Gasteiger partial charge in [0.15, 0.2) is 0 Å². The molecule has 0 radical (unpaired) electrons. The molecular formula is C20H16O. The fourth-order valence-corrected chi connectivity index (χ4v) is 2.20. The van der Waals surface area contributed by atoms with Gasteiger partial charge in [0, 0.05) is 0 Å². The highest BCUT2D eigenvalue weighted by Crippen LogP contribution is 2.20. The van der Waals surface area contributed by atoms with Crippen LogP contribution in [0.5, 0.6) is 5.75 Å². The smallest absolute Gasteiger partial charge is 0.115 e. The zero-order chi connectivity index (χ0) is 14.5. The van der Waals surface area contributed by atoms with E-state index in [-0.39, 0.29) is 0 Å². The average molecular weight is 272 g/mol. The van der Waals surface area contributed by atoms with Gasteiger partial charge in [-0.05, 0) is 34.4 Å². The molecule has 0 atom stereocenters. The minimum Gasteiger partial charge on any atom is -0.508 e. The fraction of sp³-hybridized carbons (Fsp3) is 0. The van der Waals surface area contributed by atoms with Gasteiger partial charge in [-0.1, -0.05) is 78.9 Å². The standard InChI is InChI=1S/C20H16O/c21-20-14-10-17(11-15-20)7-6-16-8-12-19(13-9-16)18-4-2-1-3-5-18/h1-15,21H/b7-6-. The molecular weight excluding hydrogens is 256 g/mol. The molecule has 0 fully saturated rings. The zero-order valence-electron chi connectivity index (χ0n) is 11.6. The van der Waals surface area contributed by atoms with Crippen molar-refractivity contribution >= 4 is 12.2 Å². The Labute approximate surface area is 124 Å². The first kappa shape index (κ1) is 13.2. The third-order valence-electron chi connectivity index (χ3n) is 3.38. The molecule has 0 aromatic heterocycles. The van der Waals surface area contributed by atoms with E-state index in [0.717, 1.165) is 11.1 Å². The Morgan fingerprint density at radius 3 is 1.57 bits per heavy atom. The summed E-state index contributed by atoms with van der Waals surface area (Å²) in [5.41, 5.74) is 4.67. The summed E-state index contributed by atoms with van der Waals surface area (Å²) < 4.78 is 0. The fourth-order valence-electron chi connectivity index (χ4n) is 2.20. The van der Waals surface area contributed by atoms with Crippen LogP contribution in [0, 0.1) is 0 Å². The van der Waals surface area contributed by atoms with Crippen LogP contribution in [0.25, 0.3) is 23.3 Å². The van der Waals surface area contributed by atoms with Crippen molar-refractivity contribution < 1.29 is 5.11 Å². The molecule has 3 aromatic carbocycles. The van der Waals surface area contributed by atoms with Gasteiger partial charge in [-0.15, -0.1) is 0 Å². The molecule has 0 spiro atoms. The molecule has 21 heavy (non-hydrogen) atoms. The summed E-state index contributed by atoms with van der Waals surface area (Å²) in [6.07, 6.45) is 4.11. The highest BCUT2D eigenvalue weighted by molar-refractivity contribution is 5.72. The largest absolute Gasteiger partial charge is 0.508 e. The normalized spacial score (nSPS) is 10.9. The topological polar surface area (TPSA) is 20.2 Å². The van der Waals surface area contributed by atoms with Crippen LogP contribution in [0.4, 0.5) is 0 Å². The Hall–Kier alpha value is -2.80. The van der Waals surface area contributed by atoms with Crippen LogP contribution < -0.4 is 0 Å². The average Bonchev–Trinajstić information content (AvgIpc) is 2.56. The molecule has 0 unspecified atom stereocenters. The van der Waals surface area contributed by atoms with Crippen molar-refractivity contribution in [2.24, 2.45) is 0 Å². The SMILES string of the molecule is Oc1ccc(/C=C\c2ccc(-c3ccccc3)cc2)cc1. The molecule has 3 aromatic rings. The summed E-state index contributed by atoms with van der Waals surface area (Å²) >= 11 is 0. The Kier molecular flexibility index (Phi) is 3.83. The van der Waals surface area contributed by atoms with E-state index in [4.69, 9.17) is 0 Å². The van der Waals surface area contributed by atoms with E-state index in [2.05, 4.69) is 42.5 Å². The third kappa shape index (κ3) is 3.40. The lowest BCUT2D eigenvalue weighted by Gasteiger charge is -2.02. The first-order valence-corrected chi connectivity index (χ1v) is 6.94. The maximum atomic E-state index is 9.26. The molecule has 0 aliphatic heterocycles. The van der Waals surface area contributed by atoms with Crippen molar-refractivity contribution in [2.75, 3.05) is 0 Å². The van der Waals surface area contributed by atoms with E-state index in [1.54, 1.807) is 12.1 Å². The van der Waals surface area contributed by atoms with E-state index in [9.17, 15) is 5.11 Å². The van der Waals surface area contributed by atoms with E-state index in [1.165, 1.54) is 11.1 Å². The molecule has 0 saturated heterocycles. The van der Waals surface area contributed by atoms with E-state index in [0.29, 0.717) is 5.75 Å². The molecule has 0 amide bonds. The molecule has 102 valence electrons. The molecule has 1 heteroatoms. The predicted molar refractivity (Wildman–Crippen MR) is 88.9 cm³/mol. The summed E-state index contributed by atoms with van der Waals surface area (Å²) in [7, 11) is 0. The number of rotatable bonds is 3. The van der Waals surface area contributed by atoms with E-state index in [1.807, 2.05) is 36.4 Å². The maximum absolute atomic E-state index is 9.26. The predicted octanol–water partition coefficient (Wildman–Crippen LogP) is 5.23. The summed E-state index contributed by atoms with van der Waals surface area (Å²) in [5.74, 6) is 0.291. The first-order chi connectivity index (χ1) is 10.3. The van der Waals surface area contributed by atoms with Gasteiger partial charge in [-0.3, -0.25) is 0 Å². The van der Waals surface area contributed by atoms with Crippen LogP contribution >= 0.6 is 0 Å². The van der Waals surface area contributed by atoms with Crippen molar-refractivity contribution in [2.45, 2.75) is 0 Å². The number of phenols is 1.